The van der Waals surface area contributed by atoms with Crippen LogP contribution in [0, 0.1) is 13.8 Å². The van der Waals surface area contributed by atoms with E-state index < -0.39 is 29.3 Å². The molecule has 2 atom stereocenters. The van der Waals surface area contributed by atoms with Crippen molar-refractivity contribution in [2.75, 3.05) is 12.3 Å². The van der Waals surface area contributed by atoms with Crippen molar-refractivity contribution < 1.29 is 19.1 Å². The molecule has 2 N–H and O–H groups in total. The molecule has 0 aliphatic carbocycles. The fraction of sp³-hybridized carbons (Fsp3) is 0.667. The molecule has 2 unspecified atom stereocenters. The van der Waals surface area contributed by atoms with Gasteiger partial charge in [-0.3, -0.25) is 9.59 Å². The molecule has 0 saturated heterocycles. The lowest BCUT2D eigenvalue weighted by Gasteiger charge is -2.36. The number of amides is 3. The minimum atomic E-state index is -0.940. The van der Waals surface area contributed by atoms with Gasteiger partial charge < -0.3 is 20.3 Å². The van der Waals surface area contributed by atoms with Crippen LogP contribution in [0.1, 0.15) is 90.5 Å². The van der Waals surface area contributed by atoms with Crippen LogP contribution in [-0.2, 0) is 14.3 Å². The van der Waals surface area contributed by atoms with Gasteiger partial charge in [-0.1, -0.05) is 43.5 Å². The van der Waals surface area contributed by atoms with Gasteiger partial charge in [0.1, 0.15) is 17.7 Å². The van der Waals surface area contributed by atoms with E-state index in [0.29, 0.717) is 6.54 Å². The Hall–Kier alpha value is -2.22. The first-order valence-corrected chi connectivity index (χ1v) is 13.0. The van der Waals surface area contributed by atoms with Crippen molar-refractivity contribution in [1.82, 2.24) is 15.5 Å². The molecule has 0 aliphatic heterocycles. The molecule has 1 aromatic carbocycles. The summed E-state index contributed by atoms with van der Waals surface area (Å²) in [4.78, 5) is 41.6. The summed E-state index contributed by atoms with van der Waals surface area (Å²) >= 11 is 4.34. The highest BCUT2D eigenvalue weighted by atomic mass is 32.1. The monoisotopic (exact) mass is 507 g/mol. The van der Waals surface area contributed by atoms with E-state index in [9.17, 15) is 14.4 Å². The summed E-state index contributed by atoms with van der Waals surface area (Å²) in [5.74, 6) is -0.550. The van der Waals surface area contributed by atoms with E-state index in [1.165, 1.54) is 0 Å². The number of hydrogen-bond donors (Lipinski definition) is 3. The minimum Gasteiger partial charge on any atom is -0.444 e. The lowest BCUT2D eigenvalue weighted by molar-refractivity contribution is -0.142. The molecule has 0 fully saturated rings. The van der Waals surface area contributed by atoms with Crippen molar-refractivity contribution in [1.29, 1.82) is 0 Å². The van der Waals surface area contributed by atoms with Crippen LogP contribution in [0.25, 0.3) is 0 Å². The fourth-order valence-electron chi connectivity index (χ4n) is 3.68. The molecule has 35 heavy (non-hydrogen) atoms. The molecule has 0 aromatic heterocycles. The number of ether oxygens (including phenoxy) is 1. The number of unbranched alkanes of at least 4 members (excludes halogenated alkanes) is 2. The summed E-state index contributed by atoms with van der Waals surface area (Å²) in [6.45, 7) is 17.4. The van der Waals surface area contributed by atoms with Crippen molar-refractivity contribution in [2.45, 2.75) is 105 Å². The number of benzene rings is 1. The molecule has 0 spiro atoms. The van der Waals surface area contributed by atoms with E-state index in [-0.39, 0.29) is 17.6 Å². The van der Waals surface area contributed by atoms with E-state index in [2.05, 4.69) is 30.2 Å². The first-order chi connectivity index (χ1) is 16.1. The highest BCUT2D eigenvalue weighted by Crippen LogP contribution is 2.28. The number of hydrogen-bond acceptors (Lipinski definition) is 5. The molecule has 8 heteroatoms. The molecule has 3 amide bonds. The molecule has 1 aromatic rings. The van der Waals surface area contributed by atoms with Gasteiger partial charge in [0.05, 0.1) is 0 Å². The first kappa shape index (κ1) is 30.8. The maximum Gasteiger partial charge on any atom is 0.408 e. The van der Waals surface area contributed by atoms with Gasteiger partial charge in [-0.15, -0.1) is 0 Å². The molecule has 7 nitrogen and oxygen atoms in total. The van der Waals surface area contributed by atoms with Crippen LogP contribution >= 0.6 is 12.6 Å². The molecule has 0 bridgehead atoms. The zero-order valence-electron chi connectivity index (χ0n) is 22.9. The normalized spacial score (nSPS) is 13.5. The number of nitrogens with one attached hydrogen (secondary N) is 2. The highest BCUT2D eigenvalue weighted by molar-refractivity contribution is 7.80. The Kier molecular flexibility index (Phi) is 11.6. The number of nitrogens with zero attached hydrogens (tertiary/aromatic N) is 1. The van der Waals surface area contributed by atoms with Crippen molar-refractivity contribution in [3.05, 3.63) is 34.9 Å². The predicted molar refractivity (Wildman–Crippen MR) is 145 cm³/mol. The van der Waals surface area contributed by atoms with E-state index in [1.807, 2.05) is 52.8 Å². The average Bonchev–Trinajstić information content (AvgIpc) is 2.70. The smallest absolute Gasteiger partial charge is 0.408 e. The van der Waals surface area contributed by atoms with Crippen LogP contribution in [-0.4, -0.2) is 52.3 Å². The average molecular weight is 508 g/mol. The third-order valence-corrected chi connectivity index (χ3v) is 5.61. The van der Waals surface area contributed by atoms with Crippen LogP contribution in [0.2, 0.25) is 0 Å². The van der Waals surface area contributed by atoms with Crippen LogP contribution < -0.4 is 10.6 Å². The van der Waals surface area contributed by atoms with Gasteiger partial charge in [0.15, 0.2) is 0 Å². The number of carbonyl (C=O) groups is 3. The number of alkyl carbamates (subject to hydrolysis) is 1. The Morgan fingerprint density at radius 2 is 1.69 bits per heavy atom. The SMILES string of the molecule is CCCCCN(C(=O)C(CS)NC(=O)OC(C)(C)C)C(C(=O)NC(C)(C)C)c1cc(C)ccc1C. The summed E-state index contributed by atoms with van der Waals surface area (Å²) in [5.41, 5.74) is 1.50. The summed E-state index contributed by atoms with van der Waals surface area (Å²) in [6, 6.07) is 4.12. The Labute approximate surface area is 217 Å². The zero-order valence-corrected chi connectivity index (χ0v) is 23.8. The van der Waals surface area contributed by atoms with Gasteiger partial charge in [-0.2, -0.15) is 12.6 Å². The topological polar surface area (TPSA) is 87.7 Å². The molecular weight excluding hydrogens is 462 g/mol. The summed E-state index contributed by atoms with van der Waals surface area (Å²) in [6.07, 6.45) is 1.92. The molecule has 0 aliphatic rings. The standard InChI is InChI=1S/C27H45N3O4S/c1-10-11-12-15-30(24(32)21(17-35)28-25(33)34-27(7,8)9)22(23(31)29-26(4,5)6)20-16-18(2)13-14-19(20)3/h13-14,16,21-22,35H,10-12,15,17H2,1-9H3,(H,28,33)(H,29,31). The van der Waals surface area contributed by atoms with E-state index in [1.54, 1.807) is 25.7 Å². The second kappa shape index (κ2) is 13.2. The number of thiol groups is 1. The van der Waals surface area contributed by atoms with Crippen molar-refractivity contribution in [2.24, 2.45) is 0 Å². The van der Waals surface area contributed by atoms with Gasteiger partial charge >= 0.3 is 6.09 Å². The predicted octanol–water partition coefficient (Wildman–Crippen LogP) is 5.10. The Morgan fingerprint density at radius 1 is 1.06 bits per heavy atom. The van der Waals surface area contributed by atoms with Crippen molar-refractivity contribution in [3.63, 3.8) is 0 Å². The Bertz CT molecular complexity index is 874. The van der Waals surface area contributed by atoms with Gasteiger partial charge in [-0.25, -0.2) is 4.79 Å². The lowest BCUT2D eigenvalue weighted by Crippen LogP contribution is -2.55. The molecule has 0 heterocycles. The summed E-state index contributed by atoms with van der Waals surface area (Å²) in [5, 5.41) is 5.71. The van der Waals surface area contributed by atoms with E-state index >= 15 is 0 Å². The number of rotatable bonds is 10. The number of aryl methyl sites for hydroxylation is 2. The van der Waals surface area contributed by atoms with Crippen molar-refractivity contribution >= 4 is 30.5 Å². The second-order valence-electron chi connectivity index (χ2n) is 11.1. The van der Waals surface area contributed by atoms with E-state index in [4.69, 9.17) is 4.74 Å². The Morgan fingerprint density at radius 3 is 2.20 bits per heavy atom. The number of carbonyl (C=O) groups excluding carboxylic acids is 3. The maximum absolute atomic E-state index is 13.9. The van der Waals surface area contributed by atoms with Gasteiger partial charge in [0.2, 0.25) is 11.8 Å². The van der Waals surface area contributed by atoms with Gasteiger partial charge in [0, 0.05) is 17.8 Å². The minimum absolute atomic E-state index is 0.0722. The quantitative estimate of drug-likeness (QED) is 0.304. The largest absolute Gasteiger partial charge is 0.444 e. The Balaban J connectivity index is 3.50. The lowest BCUT2D eigenvalue weighted by atomic mass is 9.95. The third-order valence-electron chi connectivity index (χ3n) is 5.24. The molecular formula is C27H45N3O4S. The first-order valence-electron chi connectivity index (χ1n) is 12.4. The van der Waals surface area contributed by atoms with E-state index in [0.717, 1.165) is 36.0 Å². The molecule has 198 valence electrons. The van der Waals surface area contributed by atoms with Gasteiger partial charge in [-0.05, 0) is 72.9 Å². The third kappa shape index (κ3) is 10.5. The van der Waals surface area contributed by atoms with Crippen LogP contribution in [0.5, 0.6) is 0 Å². The molecule has 0 saturated carbocycles. The molecule has 0 radical (unpaired) electrons. The zero-order chi connectivity index (χ0) is 27.0. The van der Waals surface area contributed by atoms with Gasteiger partial charge in [0.25, 0.3) is 0 Å². The van der Waals surface area contributed by atoms with Crippen molar-refractivity contribution in [3.8, 4) is 0 Å². The highest BCUT2D eigenvalue weighted by Gasteiger charge is 2.37. The molecule has 1 rings (SSSR count). The fourth-order valence-corrected chi connectivity index (χ4v) is 3.92. The maximum atomic E-state index is 13.9. The van der Waals surface area contributed by atoms with Crippen LogP contribution in [0.4, 0.5) is 4.79 Å². The second-order valence-corrected chi connectivity index (χ2v) is 11.5. The summed E-state index contributed by atoms with van der Waals surface area (Å²) < 4.78 is 5.36. The van der Waals surface area contributed by atoms with Crippen LogP contribution in [0.15, 0.2) is 18.2 Å². The summed E-state index contributed by atoms with van der Waals surface area (Å²) in [7, 11) is 0. The van der Waals surface area contributed by atoms with Crippen LogP contribution in [0.3, 0.4) is 0 Å².